The first-order valence-electron chi connectivity index (χ1n) is 10.2. The van der Waals surface area contributed by atoms with Gasteiger partial charge in [0.25, 0.3) is 0 Å². The smallest absolute Gasteiger partial charge is 0.224 e. The highest BCUT2D eigenvalue weighted by Gasteiger charge is 2.30. The Kier molecular flexibility index (Phi) is 5.70. The highest BCUT2D eigenvalue weighted by Crippen LogP contribution is 2.22. The molecule has 0 unspecified atom stereocenters. The van der Waals surface area contributed by atoms with Gasteiger partial charge >= 0.3 is 0 Å². The number of piperazine rings is 1. The SMILES string of the molecule is NC1=C(NCCC(=O)N2CCN(c3ccc(F)cc3)CC2)C(=O)c2ccccc2C1=O. The number of carbonyl (C=O) groups is 3. The second-order valence-electron chi connectivity index (χ2n) is 7.51. The van der Waals surface area contributed by atoms with Crippen molar-refractivity contribution in [3.05, 3.63) is 76.9 Å². The Morgan fingerprint density at radius 1 is 0.935 bits per heavy atom. The van der Waals surface area contributed by atoms with Crippen LogP contribution in [0.4, 0.5) is 10.1 Å². The summed E-state index contributed by atoms with van der Waals surface area (Å²) in [5, 5.41) is 2.89. The maximum atomic E-state index is 13.1. The monoisotopic (exact) mass is 422 g/mol. The van der Waals surface area contributed by atoms with Crippen LogP contribution in [0, 0.1) is 5.82 Å². The number of rotatable bonds is 5. The lowest BCUT2D eigenvalue weighted by Gasteiger charge is -2.36. The van der Waals surface area contributed by atoms with E-state index in [4.69, 9.17) is 5.73 Å². The summed E-state index contributed by atoms with van der Waals surface area (Å²) in [7, 11) is 0. The van der Waals surface area contributed by atoms with E-state index in [9.17, 15) is 18.8 Å². The molecule has 2 aliphatic rings. The maximum Gasteiger partial charge on any atom is 0.224 e. The van der Waals surface area contributed by atoms with Crippen LogP contribution in [-0.2, 0) is 4.79 Å². The number of nitrogens with two attached hydrogens (primary N) is 1. The van der Waals surface area contributed by atoms with Crippen LogP contribution in [0.1, 0.15) is 27.1 Å². The fraction of sp³-hybridized carbons (Fsp3) is 0.261. The van der Waals surface area contributed by atoms with Crippen molar-refractivity contribution in [2.75, 3.05) is 37.6 Å². The van der Waals surface area contributed by atoms with Crippen molar-refractivity contribution in [3.63, 3.8) is 0 Å². The number of halogens is 1. The predicted molar refractivity (Wildman–Crippen MR) is 114 cm³/mol. The first-order valence-corrected chi connectivity index (χ1v) is 10.2. The van der Waals surface area contributed by atoms with Crippen LogP contribution in [0.5, 0.6) is 0 Å². The standard InChI is InChI=1S/C23H23FN4O3/c24-15-5-7-16(8-6-15)27-11-13-28(14-12-27)19(29)9-10-26-21-20(25)22(30)17-3-1-2-4-18(17)23(21)31/h1-8,26H,9-14,25H2. The molecular weight excluding hydrogens is 399 g/mol. The van der Waals surface area contributed by atoms with Crippen molar-refractivity contribution in [1.29, 1.82) is 0 Å². The fourth-order valence-electron chi connectivity index (χ4n) is 3.89. The second kappa shape index (κ2) is 8.59. The normalized spacial score (nSPS) is 16.4. The number of benzene rings is 2. The van der Waals surface area contributed by atoms with E-state index in [2.05, 4.69) is 10.2 Å². The Morgan fingerprint density at radius 2 is 1.55 bits per heavy atom. The second-order valence-corrected chi connectivity index (χ2v) is 7.51. The summed E-state index contributed by atoms with van der Waals surface area (Å²) in [4.78, 5) is 41.5. The van der Waals surface area contributed by atoms with Gasteiger partial charge in [-0.3, -0.25) is 14.4 Å². The van der Waals surface area contributed by atoms with Crippen molar-refractivity contribution >= 4 is 23.2 Å². The molecule has 1 fully saturated rings. The largest absolute Gasteiger partial charge is 0.394 e. The number of carbonyl (C=O) groups excluding carboxylic acids is 3. The van der Waals surface area contributed by atoms with Gasteiger partial charge < -0.3 is 20.9 Å². The molecule has 0 aromatic heterocycles. The Morgan fingerprint density at radius 3 is 2.19 bits per heavy atom. The number of allylic oxidation sites excluding steroid dienone is 2. The molecule has 2 aromatic rings. The number of ketones is 2. The van der Waals surface area contributed by atoms with Crippen LogP contribution in [0.3, 0.4) is 0 Å². The average molecular weight is 422 g/mol. The Hall–Kier alpha value is -3.68. The molecule has 1 saturated heterocycles. The molecule has 0 atom stereocenters. The topological polar surface area (TPSA) is 95.7 Å². The maximum absolute atomic E-state index is 13.1. The molecule has 2 aromatic carbocycles. The van der Waals surface area contributed by atoms with E-state index in [0.29, 0.717) is 37.3 Å². The van der Waals surface area contributed by atoms with E-state index in [1.807, 2.05) is 0 Å². The van der Waals surface area contributed by atoms with Gasteiger partial charge in [-0.05, 0) is 24.3 Å². The highest BCUT2D eigenvalue weighted by molar-refractivity contribution is 6.26. The van der Waals surface area contributed by atoms with Crippen LogP contribution in [0.15, 0.2) is 59.9 Å². The summed E-state index contributed by atoms with van der Waals surface area (Å²) < 4.78 is 13.1. The molecule has 3 N–H and O–H groups in total. The molecule has 0 saturated carbocycles. The van der Waals surface area contributed by atoms with E-state index in [0.717, 1.165) is 5.69 Å². The summed E-state index contributed by atoms with van der Waals surface area (Å²) in [6.45, 7) is 2.64. The molecule has 4 rings (SSSR count). The van der Waals surface area contributed by atoms with Gasteiger partial charge in [-0.1, -0.05) is 24.3 Å². The summed E-state index contributed by atoms with van der Waals surface area (Å²) in [5.41, 5.74) is 7.36. The molecule has 1 aliphatic carbocycles. The molecule has 160 valence electrons. The Balaban J connectivity index is 1.30. The number of hydrogen-bond acceptors (Lipinski definition) is 6. The van der Waals surface area contributed by atoms with Gasteiger partial charge in [-0.2, -0.15) is 0 Å². The van der Waals surface area contributed by atoms with Crippen molar-refractivity contribution in [2.24, 2.45) is 5.73 Å². The average Bonchev–Trinajstić information content (AvgIpc) is 2.80. The number of anilines is 1. The minimum atomic E-state index is -0.388. The molecule has 0 bridgehead atoms. The zero-order valence-electron chi connectivity index (χ0n) is 16.9. The molecule has 1 aliphatic heterocycles. The Labute approximate surface area is 179 Å². The molecule has 0 radical (unpaired) electrons. The molecular formula is C23H23FN4O3. The Bertz CT molecular complexity index is 1060. The van der Waals surface area contributed by atoms with E-state index in [1.165, 1.54) is 12.1 Å². The number of amides is 1. The lowest BCUT2D eigenvalue weighted by molar-refractivity contribution is -0.131. The summed E-state index contributed by atoms with van der Waals surface area (Å²) >= 11 is 0. The van der Waals surface area contributed by atoms with Crippen LogP contribution in [0.25, 0.3) is 0 Å². The molecule has 1 heterocycles. The van der Waals surface area contributed by atoms with Gasteiger partial charge in [0.1, 0.15) is 17.2 Å². The lowest BCUT2D eigenvalue weighted by Crippen LogP contribution is -2.49. The van der Waals surface area contributed by atoms with Crippen LogP contribution < -0.4 is 16.0 Å². The van der Waals surface area contributed by atoms with Gasteiger partial charge in [0.05, 0.1) is 0 Å². The van der Waals surface area contributed by atoms with Crippen LogP contribution >= 0.6 is 0 Å². The van der Waals surface area contributed by atoms with Crippen molar-refractivity contribution in [2.45, 2.75) is 6.42 Å². The van der Waals surface area contributed by atoms with Gasteiger partial charge in [-0.25, -0.2) is 4.39 Å². The number of fused-ring (bicyclic) bond motifs is 1. The predicted octanol–water partition coefficient (Wildman–Crippen LogP) is 1.70. The van der Waals surface area contributed by atoms with Gasteiger partial charge in [-0.15, -0.1) is 0 Å². The van der Waals surface area contributed by atoms with Crippen molar-refractivity contribution in [1.82, 2.24) is 10.2 Å². The van der Waals surface area contributed by atoms with Crippen LogP contribution in [-0.4, -0.2) is 55.1 Å². The van der Waals surface area contributed by atoms with E-state index >= 15 is 0 Å². The zero-order valence-corrected chi connectivity index (χ0v) is 16.9. The van der Waals surface area contributed by atoms with E-state index in [-0.39, 0.29) is 47.7 Å². The number of nitrogens with one attached hydrogen (secondary N) is 1. The quantitative estimate of drug-likeness (QED) is 0.762. The van der Waals surface area contributed by atoms with Crippen LogP contribution in [0.2, 0.25) is 0 Å². The van der Waals surface area contributed by atoms with Crippen molar-refractivity contribution < 1.29 is 18.8 Å². The van der Waals surface area contributed by atoms with Crippen molar-refractivity contribution in [3.8, 4) is 0 Å². The van der Waals surface area contributed by atoms with Gasteiger partial charge in [0.2, 0.25) is 17.5 Å². The number of nitrogens with zero attached hydrogens (tertiary/aromatic N) is 2. The third-order valence-corrected chi connectivity index (χ3v) is 5.62. The summed E-state index contributed by atoms with van der Waals surface area (Å²) in [5.74, 6) is -1.04. The summed E-state index contributed by atoms with van der Waals surface area (Å²) in [6, 6.07) is 12.9. The third kappa shape index (κ3) is 4.14. The summed E-state index contributed by atoms with van der Waals surface area (Å²) in [6.07, 6.45) is 0.177. The van der Waals surface area contributed by atoms with E-state index < -0.39 is 0 Å². The molecule has 0 spiro atoms. The minimum absolute atomic E-state index is 0.0413. The molecule has 7 nitrogen and oxygen atoms in total. The number of hydrogen-bond donors (Lipinski definition) is 2. The molecule has 8 heteroatoms. The fourth-order valence-corrected chi connectivity index (χ4v) is 3.89. The molecule has 31 heavy (non-hydrogen) atoms. The lowest BCUT2D eigenvalue weighted by atomic mass is 9.90. The zero-order chi connectivity index (χ0) is 22.0. The molecule has 1 amide bonds. The first-order chi connectivity index (χ1) is 15.0. The van der Waals surface area contributed by atoms with Gasteiger partial charge in [0.15, 0.2) is 0 Å². The number of Topliss-reactive ketones (excluding diaryl/α,β-unsaturated/α-hetero) is 2. The van der Waals surface area contributed by atoms with Gasteiger partial charge in [0, 0.05) is 56.0 Å². The first kappa shape index (κ1) is 20.6. The third-order valence-electron chi connectivity index (χ3n) is 5.62. The highest BCUT2D eigenvalue weighted by atomic mass is 19.1. The minimum Gasteiger partial charge on any atom is -0.394 e. The van der Waals surface area contributed by atoms with E-state index in [1.54, 1.807) is 41.3 Å².